The number of anilines is 1. The summed E-state index contributed by atoms with van der Waals surface area (Å²) in [5, 5.41) is -0.0826. The lowest BCUT2D eigenvalue weighted by Crippen LogP contribution is -2.13. The molecule has 8 nitrogen and oxygen atoms in total. The van der Waals surface area contributed by atoms with Gasteiger partial charge in [0.2, 0.25) is 11.2 Å². The molecule has 120 valence electrons. The Kier molecular flexibility index (Phi) is 5.22. The van der Waals surface area contributed by atoms with E-state index in [0.29, 0.717) is 24.8 Å². The molecule has 2 aromatic heterocycles. The molecule has 0 aliphatic rings. The van der Waals surface area contributed by atoms with Gasteiger partial charge in [0.15, 0.2) is 5.03 Å². The van der Waals surface area contributed by atoms with Crippen LogP contribution in [-0.2, 0) is 21.8 Å². The summed E-state index contributed by atoms with van der Waals surface area (Å²) in [7, 11) is -0.649. The number of aryl methyl sites for hydroxylation is 1. The van der Waals surface area contributed by atoms with Crippen molar-refractivity contribution in [3.63, 3.8) is 0 Å². The molecule has 0 saturated carbocycles. The third kappa shape index (κ3) is 4.09. The second-order valence-corrected chi connectivity index (χ2v) is 6.26. The molecule has 0 aromatic carbocycles. The van der Waals surface area contributed by atoms with Crippen LogP contribution in [0.15, 0.2) is 29.6 Å². The fourth-order valence-electron chi connectivity index (χ4n) is 1.51. The van der Waals surface area contributed by atoms with Crippen molar-refractivity contribution < 1.29 is 17.9 Å². The minimum Gasteiger partial charge on any atom is -0.475 e. The number of rotatable bonds is 7. The van der Waals surface area contributed by atoms with Crippen LogP contribution >= 0.6 is 11.6 Å². The highest BCUT2D eigenvalue weighted by Crippen LogP contribution is 2.18. The van der Waals surface area contributed by atoms with Crippen LogP contribution in [0.4, 0.5) is 5.69 Å². The van der Waals surface area contributed by atoms with Crippen LogP contribution < -0.4 is 9.46 Å². The third-order valence-electron chi connectivity index (χ3n) is 2.60. The first kappa shape index (κ1) is 16.5. The van der Waals surface area contributed by atoms with Gasteiger partial charge in [0.05, 0.1) is 18.5 Å². The molecule has 0 saturated heterocycles. The first-order chi connectivity index (χ1) is 10.4. The highest BCUT2D eigenvalue weighted by atomic mass is 35.5. The van der Waals surface area contributed by atoms with Crippen LogP contribution in [0.5, 0.6) is 5.88 Å². The molecule has 0 bridgehead atoms. The SMILES string of the molecule is COCCOc1ccc(NS(=O)(=O)c2cn(C)c(Cl)n2)cn1. The minimum atomic E-state index is -3.82. The predicted octanol–water partition coefficient (Wildman–Crippen LogP) is 1.29. The van der Waals surface area contributed by atoms with E-state index in [1.807, 2.05) is 0 Å². The van der Waals surface area contributed by atoms with Gasteiger partial charge in [-0.3, -0.25) is 4.72 Å². The summed E-state index contributed by atoms with van der Waals surface area (Å²) in [6, 6.07) is 3.09. The Hall–Kier alpha value is -1.84. The second-order valence-electron chi connectivity index (χ2n) is 4.29. The number of nitrogens with zero attached hydrogens (tertiary/aromatic N) is 3. The average Bonchev–Trinajstić information content (AvgIpc) is 2.81. The number of pyridine rings is 1. The number of hydrogen-bond acceptors (Lipinski definition) is 6. The largest absolute Gasteiger partial charge is 0.475 e. The van der Waals surface area contributed by atoms with Crippen molar-refractivity contribution in [3.05, 3.63) is 29.8 Å². The van der Waals surface area contributed by atoms with Crippen molar-refractivity contribution in [1.29, 1.82) is 0 Å². The van der Waals surface area contributed by atoms with Crippen molar-refractivity contribution in [2.75, 3.05) is 25.0 Å². The zero-order valence-electron chi connectivity index (χ0n) is 12.0. The molecule has 10 heteroatoms. The molecule has 22 heavy (non-hydrogen) atoms. The van der Waals surface area contributed by atoms with Crippen LogP contribution in [-0.4, -0.2) is 43.3 Å². The van der Waals surface area contributed by atoms with Crippen molar-refractivity contribution in [1.82, 2.24) is 14.5 Å². The molecular formula is C12H15ClN4O4S. The van der Waals surface area contributed by atoms with E-state index in [9.17, 15) is 8.42 Å². The molecule has 1 N–H and O–H groups in total. The van der Waals surface area contributed by atoms with Gasteiger partial charge in [0.25, 0.3) is 10.0 Å². The number of ether oxygens (including phenoxy) is 2. The highest BCUT2D eigenvalue weighted by molar-refractivity contribution is 7.92. The predicted molar refractivity (Wildman–Crippen MR) is 80.6 cm³/mol. The van der Waals surface area contributed by atoms with E-state index in [-0.39, 0.29) is 10.3 Å². The van der Waals surface area contributed by atoms with Gasteiger partial charge in [-0.2, -0.15) is 8.42 Å². The lowest BCUT2D eigenvalue weighted by molar-refractivity contribution is 0.144. The van der Waals surface area contributed by atoms with Crippen molar-refractivity contribution in [2.24, 2.45) is 7.05 Å². The minimum absolute atomic E-state index is 0.0837. The van der Waals surface area contributed by atoms with E-state index in [1.165, 1.54) is 23.0 Å². The zero-order valence-corrected chi connectivity index (χ0v) is 13.6. The molecule has 0 amide bonds. The van der Waals surface area contributed by atoms with Crippen molar-refractivity contribution >= 4 is 27.3 Å². The van der Waals surface area contributed by atoms with E-state index in [0.717, 1.165) is 0 Å². The van der Waals surface area contributed by atoms with Crippen LogP contribution in [0.3, 0.4) is 0 Å². The van der Waals surface area contributed by atoms with Gasteiger partial charge in [-0.15, -0.1) is 0 Å². The Morgan fingerprint density at radius 1 is 1.36 bits per heavy atom. The van der Waals surface area contributed by atoms with Gasteiger partial charge in [0.1, 0.15) is 6.61 Å². The van der Waals surface area contributed by atoms with Gasteiger partial charge in [-0.05, 0) is 17.7 Å². The van der Waals surface area contributed by atoms with Crippen LogP contribution in [0, 0.1) is 0 Å². The smallest absolute Gasteiger partial charge is 0.281 e. The zero-order chi connectivity index (χ0) is 16.2. The van der Waals surface area contributed by atoms with Crippen LogP contribution in [0.2, 0.25) is 5.28 Å². The standard InChI is InChI=1S/C12H15ClN4O4S/c1-17-8-11(15-12(17)13)22(18,19)16-9-3-4-10(14-7-9)21-6-5-20-2/h3-4,7-8,16H,5-6H2,1-2H3. The molecule has 0 fully saturated rings. The second kappa shape index (κ2) is 6.95. The third-order valence-corrected chi connectivity index (χ3v) is 4.20. The van der Waals surface area contributed by atoms with E-state index in [2.05, 4.69) is 14.7 Å². The summed E-state index contributed by atoms with van der Waals surface area (Å²) in [6.07, 6.45) is 2.67. The fourth-order valence-corrected chi connectivity index (χ4v) is 2.74. The number of imidazole rings is 1. The maximum atomic E-state index is 12.1. The molecule has 0 atom stereocenters. The summed E-state index contributed by atoms with van der Waals surface area (Å²) in [5.41, 5.74) is 0.292. The number of sulfonamides is 1. The van der Waals surface area contributed by atoms with Gasteiger partial charge in [0, 0.05) is 26.4 Å². The quantitative estimate of drug-likeness (QED) is 0.759. The number of aromatic nitrogens is 3. The summed E-state index contributed by atoms with van der Waals surface area (Å²) >= 11 is 5.74. The van der Waals surface area contributed by atoms with Gasteiger partial charge >= 0.3 is 0 Å². The first-order valence-corrected chi connectivity index (χ1v) is 8.08. The number of halogens is 1. The van der Waals surface area contributed by atoms with E-state index in [4.69, 9.17) is 21.1 Å². The topological polar surface area (TPSA) is 95.3 Å². The maximum Gasteiger partial charge on any atom is 0.281 e. The van der Waals surface area contributed by atoms with E-state index in [1.54, 1.807) is 20.2 Å². The molecule has 2 aromatic rings. The normalized spacial score (nSPS) is 11.4. The Labute approximate surface area is 133 Å². The van der Waals surface area contributed by atoms with E-state index >= 15 is 0 Å². The molecular weight excluding hydrogens is 332 g/mol. The lowest BCUT2D eigenvalue weighted by atomic mass is 10.4. The molecule has 0 unspecified atom stereocenters. The number of nitrogens with one attached hydrogen (secondary N) is 1. The van der Waals surface area contributed by atoms with Gasteiger partial charge in [-0.25, -0.2) is 9.97 Å². The van der Waals surface area contributed by atoms with Gasteiger partial charge in [-0.1, -0.05) is 0 Å². The van der Waals surface area contributed by atoms with Crippen molar-refractivity contribution in [3.8, 4) is 5.88 Å². The molecule has 0 radical (unpaired) electrons. The van der Waals surface area contributed by atoms with Crippen LogP contribution in [0.1, 0.15) is 0 Å². The maximum absolute atomic E-state index is 12.1. The van der Waals surface area contributed by atoms with Crippen LogP contribution in [0.25, 0.3) is 0 Å². The first-order valence-electron chi connectivity index (χ1n) is 6.22. The number of methoxy groups -OCH3 is 1. The molecule has 2 heterocycles. The Bertz CT molecular complexity index is 711. The van der Waals surface area contributed by atoms with E-state index < -0.39 is 10.0 Å². The Morgan fingerprint density at radius 3 is 2.68 bits per heavy atom. The lowest BCUT2D eigenvalue weighted by Gasteiger charge is -2.07. The molecule has 0 aliphatic carbocycles. The van der Waals surface area contributed by atoms with Crippen molar-refractivity contribution in [2.45, 2.75) is 5.03 Å². The molecule has 2 rings (SSSR count). The molecule has 0 aliphatic heterocycles. The summed E-state index contributed by atoms with van der Waals surface area (Å²) in [4.78, 5) is 7.76. The highest BCUT2D eigenvalue weighted by Gasteiger charge is 2.19. The Morgan fingerprint density at radius 2 is 2.14 bits per heavy atom. The molecule has 0 spiro atoms. The monoisotopic (exact) mass is 346 g/mol. The summed E-state index contributed by atoms with van der Waals surface area (Å²) < 4.78 is 38.2. The fraction of sp³-hybridized carbons (Fsp3) is 0.333. The summed E-state index contributed by atoms with van der Waals surface area (Å²) in [5.74, 6) is 0.376. The Balaban J connectivity index is 2.06. The number of hydrogen-bond donors (Lipinski definition) is 1. The summed E-state index contributed by atoms with van der Waals surface area (Å²) in [6.45, 7) is 0.803. The average molecular weight is 347 g/mol. The van der Waals surface area contributed by atoms with Gasteiger partial charge < -0.3 is 14.0 Å².